The number of benzene rings is 1. The van der Waals surface area contributed by atoms with Gasteiger partial charge in [0.1, 0.15) is 5.75 Å². The molecule has 1 heterocycles. The molecule has 1 unspecified atom stereocenters. The highest BCUT2D eigenvalue weighted by atomic mass is 16.5. The Morgan fingerprint density at radius 2 is 1.76 bits per heavy atom. The monoisotopic (exact) mass is 395 g/mol. The number of anilines is 1. The van der Waals surface area contributed by atoms with Gasteiger partial charge in [0.25, 0.3) is 0 Å². The Balaban J connectivity index is 1.53. The van der Waals surface area contributed by atoms with Crippen LogP contribution in [-0.2, 0) is 6.42 Å². The summed E-state index contributed by atoms with van der Waals surface area (Å²) in [5.41, 5.74) is 2.69. The first-order valence-corrected chi connectivity index (χ1v) is 11.0. The first-order valence-electron chi connectivity index (χ1n) is 11.0. The van der Waals surface area contributed by atoms with Crippen LogP contribution in [-0.4, -0.2) is 29.4 Å². The van der Waals surface area contributed by atoms with Crippen molar-refractivity contribution in [2.45, 2.75) is 70.6 Å². The second kappa shape index (κ2) is 10.9. The van der Waals surface area contributed by atoms with Gasteiger partial charge in [0.15, 0.2) is 5.78 Å². The average Bonchev–Trinajstić information content (AvgIpc) is 2.75. The summed E-state index contributed by atoms with van der Waals surface area (Å²) >= 11 is 0. The molecule has 1 aliphatic rings. The van der Waals surface area contributed by atoms with Crippen LogP contribution < -0.4 is 10.1 Å². The van der Waals surface area contributed by atoms with Crippen molar-refractivity contribution in [1.82, 2.24) is 9.97 Å². The zero-order valence-electron chi connectivity index (χ0n) is 17.7. The van der Waals surface area contributed by atoms with E-state index in [-0.39, 0.29) is 11.7 Å². The number of unbranched alkanes of at least 4 members (excludes halogenated alkanes) is 6. The van der Waals surface area contributed by atoms with E-state index >= 15 is 0 Å². The lowest BCUT2D eigenvalue weighted by Gasteiger charge is -2.23. The highest BCUT2D eigenvalue weighted by molar-refractivity contribution is 5.98. The number of carbonyl (C=O) groups is 1. The van der Waals surface area contributed by atoms with E-state index in [1.807, 2.05) is 24.3 Å². The molecule has 1 atom stereocenters. The molecule has 5 heteroatoms. The first kappa shape index (κ1) is 21.3. The number of nitrogens with one attached hydrogen (secondary N) is 1. The fraction of sp³-hybridized carbons (Fsp3) is 0.542. The molecule has 0 amide bonds. The molecule has 0 saturated heterocycles. The number of aromatic nitrogens is 2. The predicted octanol–water partition coefficient (Wildman–Crippen LogP) is 5.56. The Hall–Kier alpha value is -2.43. The van der Waals surface area contributed by atoms with E-state index in [0.29, 0.717) is 17.9 Å². The highest BCUT2D eigenvalue weighted by Crippen LogP contribution is 2.32. The Morgan fingerprint density at radius 3 is 2.48 bits per heavy atom. The average molecular weight is 396 g/mol. The number of hydrogen-bond donors (Lipinski definition) is 1. The molecule has 1 aromatic carbocycles. The third kappa shape index (κ3) is 6.02. The van der Waals surface area contributed by atoms with Crippen molar-refractivity contribution >= 4 is 11.7 Å². The molecule has 156 valence electrons. The fourth-order valence-electron chi connectivity index (χ4n) is 3.92. The van der Waals surface area contributed by atoms with Gasteiger partial charge in [-0.2, -0.15) is 0 Å². The highest BCUT2D eigenvalue weighted by Gasteiger charge is 2.28. The maximum atomic E-state index is 12.6. The zero-order valence-corrected chi connectivity index (χ0v) is 17.7. The number of fused-ring (bicyclic) bond motifs is 1. The van der Waals surface area contributed by atoms with E-state index in [9.17, 15) is 4.79 Å². The van der Waals surface area contributed by atoms with Crippen molar-refractivity contribution in [1.29, 1.82) is 0 Å². The van der Waals surface area contributed by atoms with Gasteiger partial charge < -0.3 is 10.1 Å². The Morgan fingerprint density at radius 1 is 1.03 bits per heavy atom. The van der Waals surface area contributed by atoms with Crippen molar-refractivity contribution in [2.24, 2.45) is 0 Å². The van der Waals surface area contributed by atoms with Gasteiger partial charge in [0, 0.05) is 19.2 Å². The molecular weight excluding hydrogens is 362 g/mol. The second-order valence-corrected chi connectivity index (χ2v) is 7.90. The standard InChI is InChI=1S/C24H33N3O2/c1-3-4-5-6-7-8-9-14-25-24-26-17-21-22(27-24)15-19(16-23(21)28)18-10-12-20(29-2)13-11-18/h10-13,17,19H,3-9,14-16H2,1-2H3,(H,25,26,27). The topological polar surface area (TPSA) is 64.1 Å². The van der Waals surface area contributed by atoms with Gasteiger partial charge in [0.2, 0.25) is 5.95 Å². The maximum absolute atomic E-state index is 12.6. The molecule has 0 radical (unpaired) electrons. The van der Waals surface area contributed by atoms with Crippen LogP contribution in [0.2, 0.25) is 0 Å². The Kier molecular flexibility index (Phi) is 8.03. The van der Waals surface area contributed by atoms with Gasteiger partial charge in [-0.25, -0.2) is 9.97 Å². The summed E-state index contributed by atoms with van der Waals surface area (Å²) in [5, 5.41) is 3.33. The Bertz CT molecular complexity index is 789. The third-order valence-electron chi connectivity index (χ3n) is 5.69. The number of ether oxygens (including phenoxy) is 1. The summed E-state index contributed by atoms with van der Waals surface area (Å²) in [5.74, 6) is 1.76. The molecule has 0 spiro atoms. The zero-order chi connectivity index (χ0) is 20.5. The number of methoxy groups -OCH3 is 1. The fourth-order valence-corrected chi connectivity index (χ4v) is 3.92. The minimum absolute atomic E-state index is 0.130. The molecule has 29 heavy (non-hydrogen) atoms. The summed E-state index contributed by atoms with van der Waals surface area (Å²) in [4.78, 5) is 21.6. The van der Waals surface area contributed by atoms with Gasteiger partial charge in [0.05, 0.1) is 18.4 Å². The van der Waals surface area contributed by atoms with Crippen LogP contribution in [0.15, 0.2) is 30.5 Å². The van der Waals surface area contributed by atoms with Crippen molar-refractivity contribution < 1.29 is 9.53 Å². The summed E-state index contributed by atoms with van der Waals surface area (Å²) in [6, 6.07) is 7.99. The Labute approximate surface area is 174 Å². The number of nitrogens with zero attached hydrogens (tertiary/aromatic N) is 2. The molecular formula is C24H33N3O2. The molecule has 1 aromatic heterocycles. The molecule has 1 N–H and O–H groups in total. The second-order valence-electron chi connectivity index (χ2n) is 7.90. The van der Waals surface area contributed by atoms with Crippen LogP contribution in [0.1, 0.15) is 85.8 Å². The minimum Gasteiger partial charge on any atom is -0.497 e. The summed E-state index contributed by atoms with van der Waals surface area (Å²) in [7, 11) is 1.66. The van der Waals surface area contributed by atoms with E-state index in [1.165, 1.54) is 38.5 Å². The first-order chi connectivity index (χ1) is 14.2. The SMILES string of the molecule is CCCCCCCCCNc1ncc2c(n1)CC(c1ccc(OC)cc1)CC2=O. The van der Waals surface area contributed by atoms with Gasteiger partial charge in [-0.3, -0.25) is 4.79 Å². The number of ketones is 1. The van der Waals surface area contributed by atoms with Crippen LogP contribution >= 0.6 is 0 Å². The number of carbonyl (C=O) groups excluding carboxylic acids is 1. The normalized spacial score (nSPS) is 15.8. The van der Waals surface area contributed by atoms with Crippen molar-refractivity contribution in [3.05, 3.63) is 47.3 Å². The van der Waals surface area contributed by atoms with Crippen molar-refractivity contribution in [3.63, 3.8) is 0 Å². The van der Waals surface area contributed by atoms with E-state index in [2.05, 4.69) is 22.2 Å². The smallest absolute Gasteiger partial charge is 0.222 e. The number of Topliss-reactive ketones (excluding diaryl/α,β-unsaturated/α-hetero) is 1. The molecule has 0 bridgehead atoms. The lowest BCUT2D eigenvalue weighted by molar-refractivity contribution is 0.0962. The molecule has 0 fully saturated rings. The van der Waals surface area contributed by atoms with E-state index in [1.54, 1.807) is 13.3 Å². The summed E-state index contributed by atoms with van der Waals surface area (Å²) in [6.07, 6.45) is 11.9. The molecule has 1 aliphatic carbocycles. The van der Waals surface area contributed by atoms with E-state index in [0.717, 1.165) is 36.4 Å². The largest absolute Gasteiger partial charge is 0.497 e. The van der Waals surface area contributed by atoms with E-state index < -0.39 is 0 Å². The molecule has 2 aromatic rings. The lowest BCUT2D eigenvalue weighted by atomic mass is 9.82. The summed E-state index contributed by atoms with van der Waals surface area (Å²) in [6.45, 7) is 3.12. The quantitative estimate of drug-likeness (QED) is 0.505. The van der Waals surface area contributed by atoms with Crippen LogP contribution in [0.5, 0.6) is 5.75 Å². The van der Waals surface area contributed by atoms with Gasteiger partial charge in [-0.1, -0.05) is 57.6 Å². The molecule has 5 nitrogen and oxygen atoms in total. The van der Waals surface area contributed by atoms with E-state index in [4.69, 9.17) is 4.74 Å². The third-order valence-corrected chi connectivity index (χ3v) is 5.69. The van der Waals surface area contributed by atoms with Crippen molar-refractivity contribution in [3.8, 4) is 5.75 Å². The van der Waals surface area contributed by atoms with Crippen LogP contribution in [0, 0.1) is 0 Å². The molecule has 3 rings (SSSR count). The van der Waals surface area contributed by atoms with Crippen LogP contribution in [0.25, 0.3) is 0 Å². The molecule has 0 saturated carbocycles. The maximum Gasteiger partial charge on any atom is 0.222 e. The molecule has 0 aliphatic heterocycles. The van der Waals surface area contributed by atoms with Crippen molar-refractivity contribution in [2.75, 3.05) is 19.0 Å². The van der Waals surface area contributed by atoms with Gasteiger partial charge >= 0.3 is 0 Å². The summed E-state index contributed by atoms with van der Waals surface area (Å²) < 4.78 is 5.23. The van der Waals surface area contributed by atoms with Crippen LogP contribution in [0.4, 0.5) is 5.95 Å². The van der Waals surface area contributed by atoms with Crippen LogP contribution in [0.3, 0.4) is 0 Å². The minimum atomic E-state index is 0.130. The number of rotatable bonds is 11. The number of hydrogen-bond acceptors (Lipinski definition) is 5. The predicted molar refractivity (Wildman–Crippen MR) is 117 cm³/mol. The lowest BCUT2D eigenvalue weighted by Crippen LogP contribution is -2.21. The van der Waals surface area contributed by atoms with Gasteiger partial charge in [-0.05, 0) is 36.5 Å². The van der Waals surface area contributed by atoms with Gasteiger partial charge in [-0.15, -0.1) is 0 Å².